The van der Waals surface area contributed by atoms with Gasteiger partial charge in [-0.05, 0) is 67.7 Å². The van der Waals surface area contributed by atoms with Crippen molar-refractivity contribution in [3.63, 3.8) is 0 Å². The van der Waals surface area contributed by atoms with Crippen LogP contribution in [0.15, 0.2) is 66.7 Å². The first-order valence-corrected chi connectivity index (χ1v) is 10.3. The summed E-state index contributed by atoms with van der Waals surface area (Å²) in [5, 5.41) is 13.4. The standard InChI is InChI=1S/C24H25ClN2O3.ClH/c1-3-27(4-2)16-17-15-19(26-24(29)21-7-5-6-8-22(21)28)11-14-23(17)30-20-12-9-18(25)10-13-20;/h5-15,28H,3-4,16H2,1-2H3,(H,26,29);1H. The number of rotatable bonds is 8. The fourth-order valence-corrected chi connectivity index (χ4v) is 3.19. The molecule has 0 heterocycles. The minimum absolute atomic E-state index is 0. The van der Waals surface area contributed by atoms with Crippen LogP contribution in [0.5, 0.6) is 17.2 Å². The molecule has 0 radical (unpaired) electrons. The zero-order valence-corrected chi connectivity index (χ0v) is 19.0. The lowest BCUT2D eigenvalue weighted by atomic mass is 10.1. The van der Waals surface area contributed by atoms with Crippen molar-refractivity contribution in [1.29, 1.82) is 0 Å². The summed E-state index contributed by atoms with van der Waals surface area (Å²) < 4.78 is 6.08. The Bertz CT molecular complexity index is 1010. The fraction of sp³-hybridized carbons (Fsp3) is 0.208. The van der Waals surface area contributed by atoms with E-state index in [-0.39, 0.29) is 29.6 Å². The molecule has 5 nitrogen and oxygen atoms in total. The number of para-hydroxylation sites is 1. The Hall–Kier alpha value is -2.73. The van der Waals surface area contributed by atoms with Crippen LogP contribution in [0.3, 0.4) is 0 Å². The van der Waals surface area contributed by atoms with Crippen molar-refractivity contribution in [1.82, 2.24) is 4.90 Å². The van der Waals surface area contributed by atoms with Crippen LogP contribution in [-0.2, 0) is 6.54 Å². The Labute approximate surface area is 194 Å². The van der Waals surface area contributed by atoms with Crippen LogP contribution in [0, 0.1) is 0 Å². The van der Waals surface area contributed by atoms with Crippen LogP contribution in [0.4, 0.5) is 5.69 Å². The highest BCUT2D eigenvalue weighted by molar-refractivity contribution is 6.30. The van der Waals surface area contributed by atoms with Crippen LogP contribution < -0.4 is 10.1 Å². The van der Waals surface area contributed by atoms with Gasteiger partial charge >= 0.3 is 0 Å². The number of anilines is 1. The van der Waals surface area contributed by atoms with E-state index in [0.29, 0.717) is 28.8 Å². The summed E-state index contributed by atoms with van der Waals surface area (Å²) in [5.74, 6) is 0.977. The second-order valence-electron chi connectivity index (χ2n) is 6.81. The van der Waals surface area contributed by atoms with Gasteiger partial charge < -0.3 is 15.2 Å². The van der Waals surface area contributed by atoms with Crippen molar-refractivity contribution in [2.24, 2.45) is 0 Å². The average Bonchev–Trinajstić information content (AvgIpc) is 2.75. The Kier molecular flexibility index (Phi) is 9.19. The molecule has 3 aromatic rings. The SMILES string of the molecule is CCN(CC)Cc1cc(NC(=O)c2ccccc2O)ccc1Oc1ccc(Cl)cc1.Cl. The quantitative estimate of drug-likeness (QED) is 0.410. The minimum Gasteiger partial charge on any atom is -0.507 e. The number of benzene rings is 3. The molecule has 0 spiro atoms. The normalized spacial score (nSPS) is 10.5. The van der Waals surface area contributed by atoms with Gasteiger partial charge in [0.2, 0.25) is 0 Å². The van der Waals surface area contributed by atoms with Gasteiger partial charge in [-0.2, -0.15) is 0 Å². The third-order valence-corrected chi connectivity index (χ3v) is 5.05. The molecule has 31 heavy (non-hydrogen) atoms. The maximum Gasteiger partial charge on any atom is 0.259 e. The fourth-order valence-electron chi connectivity index (χ4n) is 3.06. The highest BCUT2D eigenvalue weighted by Gasteiger charge is 2.14. The number of nitrogens with zero attached hydrogens (tertiary/aromatic N) is 1. The lowest BCUT2D eigenvalue weighted by Crippen LogP contribution is -2.22. The molecule has 3 aromatic carbocycles. The van der Waals surface area contributed by atoms with Gasteiger partial charge in [0.25, 0.3) is 5.91 Å². The van der Waals surface area contributed by atoms with E-state index in [1.54, 1.807) is 36.4 Å². The van der Waals surface area contributed by atoms with E-state index < -0.39 is 0 Å². The molecule has 0 saturated carbocycles. The Morgan fingerprint density at radius 1 is 1.03 bits per heavy atom. The summed E-state index contributed by atoms with van der Waals surface area (Å²) in [6.45, 7) is 6.67. The topological polar surface area (TPSA) is 61.8 Å². The number of halogens is 2. The first kappa shape index (κ1) is 24.5. The van der Waals surface area contributed by atoms with Gasteiger partial charge in [0.15, 0.2) is 0 Å². The summed E-state index contributed by atoms with van der Waals surface area (Å²) in [4.78, 5) is 14.8. The Balaban J connectivity index is 0.00000341. The van der Waals surface area contributed by atoms with E-state index in [1.807, 2.05) is 24.3 Å². The number of carbonyl (C=O) groups excluding carboxylic acids is 1. The largest absolute Gasteiger partial charge is 0.507 e. The highest BCUT2D eigenvalue weighted by atomic mass is 35.5. The molecule has 0 bridgehead atoms. The number of nitrogens with one attached hydrogen (secondary N) is 1. The van der Waals surface area contributed by atoms with Crippen LogP contribution >= 0.6 is 24.0 Å². The Morgan fingerprint density at radius 2 is 1.71 bits per heavy atom. The number of hydrogen-bond donors (Lipinski definition) is 2. The number of phenols is 1. The van der Waals surface area contributed by atoms with E-state index >= 15 is 0 Å². The van der Waals surface area contributed by atoms with Crippen LogP contribution in [0.2, 0.25) is 5.02 Å². The van der Waals surface area contributed by atoms with Crippen LogP contribution in [0.1, 0.15) is 29.8 Å². The molecule has 164 valence electrons. The van der Waals surface area contributed by atoms with Gasteiger partial charge in [0.1, 0.15) is 17.2 Å². The monoisotopic (exact) mass is 460 g/mol. The van der Waals surface area contributed by atoms with E-state index in [1.165, 1.54) is 6.07 Å². The molecular formula is C24H26Cl2N2O3. The van der Waals surface area contributed by atoms with Gasteiger partial charge in [-0.15, -0.1) is 12.4 Å². The first-order valence-electron chi connectivity index (χ1n) is 9.88. The van der Waals surface area contributed by atoms with E-state index in [4.69, 9.17) is 16.3 Å². The third-order valence-electron chi connectivity index (χ3n) is 4.80. The van der Waals surface area contributed by atoms with Crippen molar-refractivity contribution in [3.8, 4) is 17.2 Å². The lowest BCUT2D eigenvalue weighted by Gasteiger charge is -2.21. The molecule has 1 amide bonds. The minimum atomic E-state index is -0.367. The average molecular weight is 461 g/mol. The zero-order chi connectivity index (χ0) is 21.5. The summed E-state index contributed by atoms with van der Waals surface area (Å²) in [6.07, 6.45) is 0. The third kappa shape index (κ3) is 6.62. The van der Waals surface area contributed by atoms with Crippen molar-refractivity contribution in [2.45, 2.75) is 20.4 Å². The number of ether oxygens (including phenoxy) is 1. The van der Waals surface area contributed by atoms with Gasteiger partial charge in [-0.1, -0.05) is 37.6 Å². The molecular weight excluding hydrogens is 435 g/mol. The van der Waals surface area contributed by atoms with Crippen molar-refractivity contribution >= 4 is 35.6 Å². The number of hydrogen-bond acceptors (Lipinski definition) is 4. The van der Waals surface area contributed by atoms with E-state index in [0.717, 1.165) is 18.7 Å². The maximum atomic E-state index is 12.6. The molecule has 0 atom stereocenters. The molecule has 7 heteroatoms. The van der Waals surface area contributed by atoms with Gasteiger partial charge in [0, 0.05) is 22.8 Å². The Morgan fingerprint density at radius 3 is 2.35 bits per heavy atom. The predicted octanol–water partition coefficient (Wildman–Crippen LogP) is 6.35. The summed E-state index contributed by atoms with van der Waals surface area (Å²) in [5.41, 5.74) is 1.81. The number of carbonyl (C=O) groups is 1. The molecule has 0 aliphatic carbocycles. The molecule has 0 fully saturated rings. The number of amides is 1. The predicted molar refractivity (Wildman–Crippen MR) is 128 cm³/mol. The maximum absolute atomic E-state index is 12.6. The van der Waals surface area contributed by atoms with Gasteiger partial charge in [-0.3, -0.25) is 9.69 Å². The molecule has 3 rings (SSSR count). The molecule has 0 unspecified atom stereocenters. The first-order chi connectivity index (χ1) is 14.5. The van der Waals surface area contributed by atoms with Crippen LogP contribution in [0.25, 0.3) is 0 Å². The molecule has 0 aliphatic heterocycles. The highest BCUT2D eigenvalue weighted by Crippen LogP contribution is 2.30. The van der Waals surface area contributed by atoms with Gasteiger partial charge in [0.05, 0.1) is 5.56 Å². The van der Waals surface area contributed by atoms with Crippen molar-refractivity contribution in [3.05, 3.63) is 82.9 Å². The number of aromatic hydroxyl groups is 1. The summed E-state index contributed by atoms with van der Waals surface area (Å²) >= 11 is 5.96. The molecule has 0 saturated heterocycles. The second-order valence-corrected chi connectivity index (χ2v) is 7.25. The van der Waals surface area contributed by atoms with Crippen molar-refractivity contribution < 1.29 is 14.6 Å². The molecule has 0 aliphatic rings. The lowest BCUT2D eigenvalue weighted by molar-refractivity contribution is 0.102. The zero-order valence-electron chi connectivity index (χ0n) is 17.5. The smallest absolute Gasteiger partial charge is 0.259 e. The van der Waals surface area contributed by atoms with E-state index in [2.05, 4.69) is 24.1 Å². The summed E-state index contributed by atoms with van der Waals surface area (Å²) in [6, 6.07) is 19.2. The van der Waals surface area contributed by atoms with E-state index in [9.17, 15) is 9.90 Å². The van der Waals surface area contributed by atoms with Crippen molar-refractivity contribution in [2.75, 3.05) is 18.4 Å². The summed E-state index contributed by atoms with van der Waals surface area (Å²) in [7, 11) is 0. The van der Waals surface area contributed by atoms with Gasteiger partial charge in [-0.25, -0.2) is 0 Å². The van der Waals surface area contributed by atoms with Crippen LogP contribution in [-0.4, -0.2) is 29.0 Å². The molecule has 2 N–H and O–H groups in total. The number of phenolic OH excluding ortho intramolecular Hbond substituents is 1. The molecule has 0 aromatic heterocycles. The second kappa shape index (κ2) is 11.6.